The molecule has 29 heavy (non-hydrogen) atoms. The lowest BCUT2D eigenvalue weighted by molar-refractivity contribution is 0.0945. The van der Waals surface area contributed by atoms with E-state index in [4.69, 9.17) is 9.47 Å². The second-order valence-electron chi connectivity index (χ2n) is 7.01. The molecule has 2 N–H and O–H groups in total. The van der Waals surface area contributed by atoms with Crippen molar-refractivity contribution in [2.75, 3.05) is 12.1 Å². The Morgan fingerprint density at radius 3 is 2.62 bits per heavy atom. The summed E-state index contributed by atoms with van der Waals surface area (Å²) in [5.74, 6) is 1.53. The van der Waals surface area contributed by atoms with E-state index in [0.717, 1.165) is 11.3 Å². The zero-order valence-electron chi connectivity index (χ0n) is 16.6. The van der Waals surface area contributed by atoms with Gasteiger partial charge in [0.15, 0.2) is 11.5 Å². The van der Waals surface area contributed by atoms with Gasteiger partial charge in [-0.1, -0.05) is 12.1 Å². The molecule has 148 valence electrons. The molecule has 0 aliphatic carbocycles. The largest absolute Gasteiger partial charge is 0.454 e. The topological polar surface area (TPSA) is 85.4 Å². The standard InChI is InChI=1S/C22H22N4O3/c1-13-4-6-17(8-14(13)2)25-22-24-15(3)9-18(26-22)21(27)23-11-16-5-7-19-20(10-16)29-12-28-19/h4-10H,11-12H2,1-3H3,(H,23,27)(H,24,25,26). The predicted octanol–water partition coefficient (Wildman–Crippen LogP) is 3.80. The van der Waals surface area contributed by atoms with E-state index in [1.807, 2.05) is 50.2 Å². The van der Waals surface area contributed by atoms with E-state index in [9.17, 15) is 4.79 Å². The Labute approximate surface area is 169 Å². The third-order valence-electron chi connectivity index (χ3n) is 4.74. The third kappa shape index (κ3) is 4.29. The maximum atomic E-state index is 12.6. The Morgan fingerprint density at radius 1 is 0.966 bits per heavy atom. The van der Waals surface area contributed by atoms with E-state index in [0.29, 0.717) is 35.4 Å². The molecule has 0 bridgehead atoms. The number of hydrogen-bond donors (Lipinski definition) is 2. The van der Waals surface area contributed by atoms with E-state index in [1.165, 1.54) is 11.1 Å². The smallest absolute Gasteiger partial charge is 0.270 e. The minimum Gasteiger partial charge on any atom is -0.454 e. The van der Waals surface area contributed by atoms with Crippen molar-refractivity contribution in [3.05, 3.63) is 70.5 Å². The van der Waals surface area contributed by atoms with E-state index in [1.54, 1.807) is 6.07 Å². The Balaban J connectivity index is 1.46. The molecular weight excluding hydrogens is 368 g/mol. The van der Waals surface area contributed by atoms with Crippen LogP contribution in [-0.4, -0.2) is 22.7 Å². The molecular formula is C22H22N4O3. The molecule has 3 aromatic rings. The average molecular weight is 390 g/mol. The molecule has 0 fully saturated rings. The Morgan fingerprint density at radius 2 is 1.79 bits per heavy atom. The van der Waals surface area contributed by atoms with Crippen LogP contribution in [0.3, 0.4) is 0 Å². The summed E-state index contributed by atoms with van der Waals surface area (Å²) in [5.41, 5.74) is 5.20. The predicted molar refractivity (Wildman–Crippen MR) is 110 cm³/mol. The molecule has 2 heterocycles. The molecule has 4 rings (SSSR count). The van der Waals surface area contributed by atoms with Gasteiger partial charge in [0.25, 0.3) is 5.91 Å². The summed E-state index contributed by atoms with van der Waals surface area (Å²) >= 11 is 0. The molecule has 2 aromatic carbocycles. The van der Waals surface area contributed by atoms with Crippen molar-refractivity contribution >= 4 is 17.5 Å². The molecule has 0 spiro atoms. The zero-order chi connectivity index (χ0) is 20.4. The van der Waals surface area contributed by atoms with Crippen molar-refractivity contribution in [1.82, 2.24) is 15.3 Å². The molecule has 0 unspecified atom stereocenters. The van der Waals surface area contributed by atoms with E-state index in [2.05, 4.69) is 27.5 Å². The molecule has 0 saturated carbocycles. The van der Waals surface area contributed by atoms with Gasteiger partial charge >= 0.3 is 0 Å². The highest BCUT2D eigenvalue weighted by atomic mass is 16.7. The highest BCUT2D eigenvalue weighted by Crippen LogP contribution is 2.32. The van der Waals surface area contributed by atoms with Crippen LogP contribution < -0.4 is 20.1 Å². The minimum atomic E-state index is -0.267. The number of aromatic nitrogens is 2. The molecule has 1 aliphatic heterocycles. The fraction of sp³-hybridized carbons (Fsp3) is 0.227. The van der Waals surface area contributed by atoms with E-state index < -0.39 is 0 Å². The maximum absolute atomic E-state index is 12.6. The van der Waals surface area contributed by atoms with Gasteiger partial charge in [-0.3, -0.25) is 4.79 Å². The first-order valence-corrected chi connectivity index (χ1v) is 9.34. The number of amides is 1. The first kappa shape index (κ1) is 18.7. The summed E-state index contributed by atoms with van der Waals surface area (Å²) < 4.78 is 10.7. The monoisotopic (exact) mass is 390 g/mol. The van der Waals surface area contributed by atoms with Gasteiger partial charge < -0.3 is 20.1 Å². The van der Waals surface area contributed by atoms with Crippen molar-refractivity contribution in [3.8, 4) is 11.5 Å². The van der Waals surface area contributed by atoms with Gasteiger partial charge in [0.2, 0.25) is 12.7 Å². The lowest BCUT2D eigenvalue weighted by atomic mass is 10.1. The highest BCUT2D eigenvalue weighted by molar-refractivity contribution is 5.92. The number of rotatable bonds is 5. The van der Waals surface area contributed by atoms with Crippen molar-refractivity contribution in [2.45, 2.75) is 27.3 Å². The van der Waals surface area contributed by atoms with Crippen LogP contribution in [0.2, 0.25) is 0 Å². The van der Waals surface area contributed by atoms with Crippen LogP contribution >= 0.6 is 0 Å². The van der Waals surface area contributed by atoms with Gasteiger partial charge in [0, 0.05) is 17.9 Å². The number of carbonyl (C=O) groups excluding carboxylic acids is 1. The zero-order valence-corrected chi connectivity index (χ0v) is 16.6. The molecule has 1 aromatic heterocycles. The van der Waals surface area contributed by atoms with Gasteiger partial charge in [-0.25, -0.2) is 9.97 Å². The molecule has 1 aliphatic rings. The van der Waals surface area contributed by atoms with Crippen LogP contribution in [0.4, 0.5) is 11.6 Å². The van der Waals surface area contributed by atoms with Crippen LogP contribution in [0.25, 0.3) is 0 Å². The Kier molecular flexibility index (Phi) is 5.03. The molecule has 7 nitrogen and oxygen atoms in total. The van der Waals surface area contributed by atoms with Gasteiger partial charge in [0.05, 0.1) is 0 Å². The van der Waals surface area contributed by atoms with E-state index in [-0.39, 0.29) is 12.7 Å². The van der Waals surface area contributed by atoms with Crippen LogP contribution in [0, 0.1) is 20.8 Å². The summed E-state index contributed by atoms with van der Waals surface area (Å²) in [6.45, 7) is 6.53. The summed E-state index contributed by atoms with van der Waals surface area (Å²) in [7, 11) is 0. The molecule has 0 radical (unpaired) electrons. The van der Waals surface area contributed by atoms with Crippen molar-refractivity contribution in [2.24, 2.45) is 0 Å². The number of hydrogen-bond acceptors (Lipinski definition) is 6. The van der Waals surface area contributed by atoms with Crippen LogP contribution in [-0.2, 0) is 6.54 Å². The number of ether oxygens (including phenoxy) is 2. The Hall–Kier alpha value is -3.61. The average Bonchev–Trinajstić information content (AvgIpc) is 3.16. The maximum Gasteiger partial charge on any atom is 0.270 e. The second-order valence-corrected chi connectivity index (χ2v) is 7.01. The minimum absolute atomic E-state index is 0.224. The quantitative estimate of drug-likeness (QED) is 0.689. The number of nitrogens with zero attached hydrogens (tertiary/aromatic N) is 2. The van der Waals surface area contributed by atoms with Crippen molar-refractivity contribution in [3.63, 3.8) is 0 Å². The first-order valence-electron chi connectivity index (χ1n) is 9.34. The summed E-state index contributed by atoms with van der Waals surface area (Å²) in [4.78, 5) is 21.4. The fourth-order valence-corrected chi connectivity index (χ4v) is 3.01. The van der Waals surface area contributed by atoms with Crippen LogP contribution in [0.15, 0.2) is 42.5 Å². The van der Waals surface area contributed by atoms with Gasteiger partial charge in [0.1, 0.15) is 5.69 Å². The Bertz CT molecular complexity index is 1080. The first-order chi connectivity index (χ1) is 14.0. The number of benzene rings is 2. The van der Waals surface area contributed by atoms with Gasteiger partial charge in [-0.15, -0.1) is 0 Å². The molecule has 7 heteroatoms. The number of fused-ring (bicyclic) bond motifs is 1. The van der Waals surface area contributed by atoms with E-state index >= 15 is 0 Å². The number of aryl methyl sites for hydroxylation is 3. The SMILES string of the molecule is Cc1cc(C(=O)NCc2ccc3c(c2)OCO3)nc(Nc2ccc(C)c(C)c2)n1. The molecule has 0 atom stereocenters. The van der Waals surface area contributed by atoms with Crippen molar-refractivity contribution < 1.29 is 14.3 Å². The lowest BCUT2D eigenvalue weighted by Crippen LogP contribution is -2.24. The second kappa shape index (κ2) is 7.79. The van der Waals surface area contributed by atoms with Crippen molar-refractivity contribution in [1.29, 1.82) is 0 Å². The van der Waals surface area contributed by atoms with Crippen LogP contribution in [0.1, 0.15) is 32.9 Å². The van der Waals surface area contributed by atoms with Gasteiger partial charge in [-0.05, 0) is 67.8 Å². The van der Waals surface area contributed by atoms with Gasteiger partial charge in [-0.2, -0.15) is 0 Å². The third-order valence-corrected chi connectivity index (χ3v) is 4.74. The molecule has 0 saturated heterocycles. The summed E-state index contributed by atoms with van der Waals surface area (Å²) in [6, 6.07) is 13.3. The number of anilines is 2. The van der Waals surface area contributed by atoms with Crippen LogP contribution in [0.5, 0.6) is 11.5 Å². The lowest BCUT2D eigenvalue weighted by Gasteiger charge is -2.10. The fourth-order valence-electron chi connectivity index (χ4n) is 3.01. The molecule has 1 amide bonds. The summed E-state index contributed by atoms with van der Waals surface area (Å²) in [5, 5.41) is 6.07. The number of carbonyl (C=O) groups is 1. The summed E-state index contributed by atoms with van der Waals surface area (Å²) in [6.07, 6.45) is 0. The number of nitrogens with one attached hydrogen (secondary N) is 2. The highest BCUT2D eigenvalue weighted by Gasteiger charge is 2.15. The normalized spacial score (nSPS) is 12.0.